The molecule has 0 radical (unpaired) electrons. The zero-order chi connectivity index (χ0) is 18.7. The van der Waals surface area contributed by atoms with Crippen molar-refractivity contribution in [3.63, 3.8) is 0 Å². The third-order valence-corrected chi connectivity index (χ3v) is 5.52. The summed E-state index contributed by atoms with van der Waals surface area (Å²) in [5.74, 6) is -0.860. The van der Waals surface area contributed by atoms with Gasteiger partial charge in [-0.1, -0.05) is 19.1 Å². The van der Waals surface area contributed by atoms with Gasteiger partial charge in [-0.2, -0.15) is 0 Å². The quantitative estimate of drug-likeness (QED) is 0.840. The molecule has 2 aliphatic rings. The van der Waals surface area contributed by atoms with Crippen molar-refractivity contribution in [1.29, 1.82) is 0 Å². The molecular formula is C19H25N3O4. The van der Waals surface area contributed by atoms with Gasteiger partial charge in [-0.05, 0) is 37.0 Å². The molecule has 26 heavy (non-hydrogen) atoms. The predicted molar refractivity (Wildman–Crippen MR) is 97.1 cm³/mol. The van der Waals surface area contributed by atoms with Gasteiger partial charge >= 0.3 is 12.0 Å². The second kappa shape index (κ2) is 7.35. The summed E-state index contributed by atoms with van der Waals surface area (Å²) < 4.78 is 0. The van der Waals surface area contributed by atoms with E-state index >= 15 is 0 Å². The number of carboxylic acid groups (broad SMARTS) is 1. The fourth-order valence-electron chi connectivity index (χ4n) is 3.76. The summed E-state index contributed by atoms with van der Waals surface area (Å²) in [7, 11) is 0. The van der Waals surface area contributed by atoms with Crippen molar-refractivity contribution in [1.82, 2.24) is 10.2 Å². The van der Waals surface area contributed by atoms with E-state index in [-0.39, 0.29) is 24.9 Å². The first-order valence-electron chi connectivity index (χ1n) is 9.11. The van der Waals surface area contributed by atoms with E-state index in [0.29, 0.717) is 32.5 Å². The van der Waals surface area contributed by atoms with Crippen molar-refractivity contribution in [2.24, 2.45) is 5.41 Å². The number of piperidine rings is 1. The van der Waals surface area contributed by atoms with Gasteiger partial charge in [-0.3, -0.25) is 14.5 Å². The number of carbonyl (C=O) groups excluding carboxylic acids is 2. The Morgan fingerprint density at radius 1 is 1.23 bits per heavy atom. The summed E-state index contributed by atoms with van der Waals surface area (Å²) in [5, 5.41) is 12.3. The van der Waals surface area contributed by atoms with Gasteiger partial charge in [-0.15, -0.1) is 0 Å². The minimum Gasteiger partial charge on any atom is -0.481 e. The summed E-state index contributed by atoms with van der Waals surface area (Å²) in [5.41, 5.74) is 0.854. The van der Waals surface area contributed by atoms with E-state index in [4.69, 9.17) is 0 Å². The lowest BCUT2D eigenvalue weighted by atomic mass is 9.77. The predicted octanol–water partition coefficient (Wildman–Crippen LogP) is 1.86. The number of amides is 3. The van der Waals surface area contributed by atoms with Crippen LogP contribution in [-0.4, -0.2) is 54.1 Å². The normalized spacial score (nSPS) is 23.0. The first kappa shape index (κ1) is 18.2. The van der Waals surface area contributed by atoms with Gasteiger partial charge in [0.25, 0.3) is 0 Å². The van der Waals surface area contributed by atoms with Gasteiger partial charge in [0.2, 0.25) is 5.91 Å². The van der Waals surface area contributed by atoms with E-state index in [0.717, 1.165) is 17.7 Å². The molecule has 3 rings (SSSR count). The number of anilines is 1. The van der Waals surface area contributed by atoms with Gasteiger partial charge < -0.3 is 15.3 Å². The van der Waals surface area contributed by atoms with Gasteiger partial charge in [0, 0.05) is 31.9 Å². The highest BCUT2D eigenvalue weighted by atomic mass is 16.4. The number of urea groups is 1. The number of likely N-dealkylation sites (tertiary alicyclic amines) is 1. The van der Waals surface area contributed by atoms with E-state index in [9.17, 15) is 19.5 Å². The minimum absolute atomic E-state index is 0.0459. The number of benzene rings is 1. The van der Waals surface area contributed by atoms with E-state index in [1.54, 1.807) is 9.80 Å². The van der Waals surface area contributed by atoms with Crippen LogP contribution in [-0.2, 0) is 16.0 Å². The maximum absolute atomic E-state index is 12.6. The number of carboxylic acids is 1. The maximum Gasteiger partial charge on any atom is 0.321 e. The SMILES string of the molecule is CC[C@]1(C(=O)O)CCCN(C(=O)Cc2ccc(N3CCNC3=O)cc2)C1. The summed E-state index contributed by atoms with van der Waals surface area (Å²) in [6.45, 7) is 4.04. The van der Waals surface area contributed by atoms with E-state index < -0.39 is 11.4 Å². The third kappa shape index (κ3) is 3.52. The van der Waals surface area contributed by atoms with Crippen molar-refractivity contribution in [2.45, 2.75) is 32.6 Å². The van der Waals surface area contributed by atoms with E-state index in [1.165, 1.54) is 0 Å². The van der Waals surface area contributed by atoms with Gasteiger partial charge in [-0.25, -0.2) is 4.79 Å². The largest absolute Gasteiger partial charge is 0.481 e. The Labute approximate surface area is 153 Å². The van der Waals surface area contributed by atoms with Crippen LogP contribution in [0.4, 0.5) is 10.5 Å². The molecule has 2 saturated heterocycles. The van der Waals surface area contributed by atoms with Crippen LogP contribution in [0.2, 0.25) is 0 Å². The van der Waals surface area contributed by atoms with E-state index in [2.05, 4.69) is 5.32 Å². The molecule has 2 heterocycles. The fraction of sp³-hybridized carbons (Fsp3) is 0.526. The van der Waals surface area contributed by atoms with Crippen LogP contribution in [0.3, 0.4) is 0 Å². The molecule has 0 bridgehead atoms. The second-order valence-electron chi connectivity index (χ2n) is 7.08. The Morgan fingerprint density at radius 3 is 2.54 bits per heavy atom. The Kier molecular flexibility index (Phi) is 5.15. The van der Waals surface area contributed by atoms with Crippen LogP contribution in [0.15, 0.2) is 24.3 Å². The lowest BCUT2D eigenvalue weighted by Crippen LogP contribution is -2.50. The van der Waals surface area contributed by atoms with Crippen LogP contribution < -0.4 is 10.2 Å². The lowest BCUT2D eigenvalue weighted by molar-refractivity contribution is -0.155. The van der Waals surface area contributed by atoms with Crippen LogP contribution in [0.5, 0.6) is 0 Å². The van der Waals surface area contributed by atoms with Gasteiger partial charge in [0.15, 0.2) is 0 Å². The van der Waals surface area contributed by atoms with E-state index in [1.807, 2.05) is 31.2 Å². The standard InChI is InChI=1S/C19H25N3O4/c1-2-19(17(24)25)8-3-10-21(13-19)16(23)12-14-4-6-15(7-5-14)22-11-9-20-18(22)26/h4-7H,2-3,8-13H2,1H3,(H,20,26)(H,24,25)/t19-/m0/s1. The summed E-state index contributed by atoms with van der Waals surface area (Å²) in [6.07, 6.45) is 2.11. The van der Waals surface area contributed by atoms with Crippen molar-refractivity contribution < 1.29 is 19.5 Å². The molecule has 0 spiro atoms. The molecule has 2 N–H and O–H groups in total. The van der Waals surface area contributed by atoms with Crippen molar-refractivity contribution in [2.75, 3.05) is 31.1 Å². The number of hydrogen-bond donors (Lipinski definition) is 2. The van der Waals surface area contributed by atoms with Gasteiger partial charge in [0.05, 0.1) is 11.8 Å². The molecule has 1 aromatic carbocycles. The Bertz CT molecular complexity index is 703. The number of nitrogens with one attached hydrogen (secondary N) is 1. The smallest absolute Gasteiger partial charge is 0.321 e. The molecule has 7 nitrogen and oxygen atoms in total. The molecule has 1 atom stereocenters. The molecule has 2 fully saturated rings. The van der Waals surface area contributed by atoms with Crippen LogP contribution in [0, 0.1) is 5.41 Å². The number of hydrogen-bond acceptors (Lipinski definition) is 3. The first-order chi connectivity index (χ1) is 12.4. The van der Waals surface area contributed by atoms with Crippen molar-refractivity contribution in [3.8, 4) is 0 Å². The third-order valence-electron chi connectivity index (χ3n) is 5.52. The Morgan fingerprint density at radius 2 is 1.96 bits per heavy atom. The minimum atomic E-state index is -0.819. The number of rotatable bonds is 5. The summed E-state index contributed by atoms with van der Waals surface area (Å²) in [6, 6.07) is 7.29. The molecule has 7 heteroatoms. The molecule has 0 unspecified atom stereocenters. The first-order valence-corrected chi connectivity index (χ1v) is 9.11. The van der Waals surface area contributed by atoms with Gasteiger partial charge in [0.1, 0.15) is 0 Å². The summed E-state index contributed by atoms with van der Waals surface area (Å²) >= 11 is 0. The maximum atomic E-state index is 12.6. The molecule has 0 saturated carbocycles. The molecule has 3 amide bonds. The Hall–Kier alpha value is -2.57. The topological polar surface area (TPSA) is 89.9 Å². The zero-order valence-electron chi connectivity index (χ0n) is 15.0. The zero-order valence-corrected chi connectivity index (χ0v) is 15.0. The number of aliphatic carboxylic acids is 1. The molecular weight excluding hydrogens is 334 g/mol. The fourth-order valence-corrected chi connectivity index (χ4v) is 3.76. The van der Waals surface area contributed by atoms with Crippen molar-refractivity contribution >= 4 is 23.6 Å². The molecule has 0 aliphatic carbocycles. The van der Waals surface area contributed by atoms with Crippen molar-refractivity contribution in [3.05, 3.63) is 29.8 Å². The second-order valence-corrected chi connectivity index (χ2v) is 7.08. The highest BCUT2D eigenvalue weighted by molar-refractivity contribution is 5.94. The average Bonchev–Trinajstić information content (AvgIpc) is 3.08. The lowest BCUT2D eigenvalue weighted by Gasteiger charge is -2.39. The van der Waals surface area contributed by atoms with Crippen LogP contribution in [0.1, 0.15) is 31.7 Å². The highest BCUT2D eigenvalue weighted by Crippen LogP contribution is 2.34. The number of nitrogens with zero attached hydrogens (tertiary/aromatic N) is 2. The molecule has 140 valence electrons. The highest BCUT2D eigenvalue weighted by Gasteiger charge is 2.41. The van der Waals surface area contributed by atoms with Crippen LogP contribution in [0.25, 0.3) is 0 Å². The summed E-state index contributed by atoms with van der Waals surface area (Å²) in [4.78, 5) is 39.3. The molecule has 0 aromatic heterocycles. The molecule has 1 aromatic rings. The van der Waals surface area contributed by atoms with Crippen LogP contribution >= 0.6 is 0 Å². The molecule has 2 aliphatic heterocycles. The Balaban J connectivity index is 1.64. The average molecular weight is 359 g/mol. The number of carbonyl (C=O) groups is 3. The monoisotopic (exact) mass is 359 g/mol.